The van der Waals surface area contributed by atoms with Gasteiger partial charge in [-0.1, -0.05) is 20.8 Å². The van der Waals surface area contributed by atoms with Gasteiger partial charge in [-0.05, 0) is 30.0 Å². The molecule has 18 heavy (non-hydrogen) atoms. The Morgan fingerprint density at radius 3 is 2.94 bits per heavy atom. The molecule has 0 aliphatic heterocycles. The molecule has 0 saturated heterocycles. The molecule has 2 N–H and O–H groups in total. The maximum Gasteiger partial charge on any atom is 0.251 e. The number of aromatic nitrogens is 2. The monoisotopic (exact) mass is 245 g/mol. The number of nitrogens with one attached hydrogen (secondary N) is 2. The van der Waals surface area contributed by atoms with Crippen molar-refractivity contribution in [2.45, 2.75) is 27.2 Å². The van der Waals surface area contributed by atoms with Crippen LogP contribution in [0.3, 0.4) is 0 Å². The van der Waals surface area contributed by atoms with Crippen LogP contribution in [0, 0.1) is 5.41 Å². The molecule has 1 amide bonds. The molecule has 4 heteroatoms. The van der Waals surface area contributed by atoms with Gasteiger partial charge in [-0.2, -0.15) is 0 Å². The number of imidazole rings is 1. The highest BCUT2D eigenvalue weighted by atomic mass is 16.1. The first-order valence-corrected chi connectivity index (χ1v) is 6.23. The van der Waals surface area contributed by atoms with Crippen LogP contribution in [-0.4, -0.2) is 22.4 Å². The minimum absolute atomic E-state index is 0.0342. The number of amides is 1. The molecule has 1 aromatic carbocycles. The predicted octanol–water partition coefficient (Wildman–Crippen LogP) is 2.73. The lowest BCUT2D eigenvalue weighted by Gasteiger charge is -2.22. The second-order valence-corrected chi connectivity index (χ2v) is 5.33. The highest BCUT2D eigenvalue weighted by Gasteiger charge is 2.16. The number of rotatable bonds is 4. The van der Waals surface area contributed by atoms with Crippen LogP contribution in [-0.2, 0) is 0 Å². The van der Waals surface area contributed by atoms with Crippen molar-refractivity contribution in [1.82, 2.24) is 15.3 Å². The molecular formula is C14H19N3O. The quantitative estimate of drug-likeness (QED) is 0.870. The summed E-state index contributed by atoms with van der Waals surface area (Å²) in [7, 11) is 0. The molecule has 4 nitrogen and oxygen atoms in total. The zero-order valence-corrected chi connectivity index (χ0v) is 11.1. The van der Waals surface area contributed by atoms with Crippen LogP contribution in [0.2, 0.25) is 0 Å². The summed E-state index contributed by atoms with van der Waals surface area (Å²) in [5, 5.41) is 2.97. The fourth-order valence-corrected chi connectivity index (χ4v) is 1.62. The Bertz CT molecular complexity index is 557. The van der Waals surface area contributed by atoms with Crippen LogP contribution in [0.15, 0.2) is 24.5 Å². The van der Waals surface area contributed by atoms with Crippen LogP contribution in [0.25, 0.3) is 11.0 Å². The molecule has 0 unspecified atom stereocenters. The summed E-state index contributed by atoms with van der Waals surface area (Å²) in [6.45, 7) is 7.10. The Morgan fingerprint density at radius 1 is 1.44 bits per heavy atom. The largest absolute Gasteiger partial charge is 0.352 e. The minimum Gasteiger partial charge on any atom is -0.352 e. The molecule has 0 saturated carbocycles. The molecule has 0 atom stereocenters. The zero-order valence-electron chi connectivity index (χ0n) is 11.1. The van der Waals surface area contributed by atoms with E-state index in [4.69, 9.17) is 0 Å². The van der Waals surface area contributed by atoms with E-state index in [9.17, 15) is 4.79 Å². The molecule has 96 valence electrons. The van der Waals surface area contributed by atoms with Gasteiger partial charge in [0.15, 0.2) is 0 Å². The fourth-order valence-electron chi connectivity index (χ4n) is 1.62. The summed E-state index contributed by atoms with van der Waals surface area (Å²) in [4.78, 5) is 19.2. The van der Waals surface area contributed by atoms with Crippen molar-refractivity contribution in [3.05, 3.63) is 30.1 Å². The van der Waals surface area contributed by atoms with Gasteiger partial charge in [0.25, 0.3) is 5.91 Å². The number of hydrogen-bond acceptors (Lipinski definition) is 2. The number of fused-ring (bicyclic) bond motifs is 1. The third kappa shape index (κ3) is 2.70. The first-order valence-electron chi connectivity index (χ1n) is 6.23. The van der Waals surface area contributed by atoms with Crippen molar-refractivity contribution in [1.29, 1.82) is 0 Å². The van der Waals surface area contributed by atoms with Gasteiger partial charge in [-0.3, -0.25) is 4.79 Å². The van der Waals surface area contributed by atoms with E-state index in [0.717, 1.165) is 17.5 Å². The molecule has 0 spiro atoms. The number of H-pyrrole nitrogens is 1. The molecule has 0 bridgehead atoms. The van der Waals surface area contributed by atoms with E-state index in [1.54, 1.807) is 12.4 Å². The lowest BCUT2D eigenvalue weighted by Crippen LogP contribution is -2.33. The van der Waals surface area contributed by atoms with E-state index in [1.807, 2.05) is 12.1 Å². The summed E-state index contributed by atoms with van der Waals surface area (Å²) in [6.07, 6.45) is 2.67. The van der Waals surface area contributed by atoms with Crippen LogP contribution < -0.4 is 5.32 Å². The normalized spacial score (nSPS) is 11.7. The van der Waals surface area contributed by atoms with Crippen molar-refractivity contribution in [2.75, 3.05) is 6.54 Å². The van der Waals surface area contributed by atoms with Gasteiger partial charge in [-0.15, -0.1) is 0 Å². The SMILES string of the molecule is CCC(C)(C)CNC(=O)c1ccc2nc[nH]c2c1. The molecule has 2 rings (SSSR count). The van der Waals surface area contributed by atoms with Crippen LogP contribution in [0.1, 0.15) is 37.6 Å². The van der Waals surface area contributed by atoms with E-state index in [0.29, 0.717) is 12.1 Å². The Hall–Kier alpha value is -1.84. The fraction of sp³-hybridized carbons (Fsp3) is 0.429. The topological polar surface area (TPSA) is 57.8 Å². The molecule has 0 radical (unpaired) electrons. The van der Waals surface area contributed by atoms with Gasteiger partial charge in [0.05, 0.1) is 17.4 Å². The van der Waals surface area contributed by atoms with Crippen molar-refractivity contribution in [2.24, 2.45) is 5.41 Å². The molecule has 2 aromatic rings. The molecule has 0 fully saturated rings. The van der Waals surface area contributed by atoms with Crippen LogP contribution >= 0.6 is 0 Å². The van der Waals surface area contributed by atoms with Crippen LogP contribution in [0.5, 0.6) is 0 Å². The number of hydrogen-bond donors (Lipinski definition) is 2. The zero-order chi connectivity index (χ0) is 13.2. The van der Waals surface area contributed by atoms with Crippen LogP contribution in [0.4, 0.5) is 0 Å². The average molecular weight is 245 g/mol. The van der Waals surface area contributed by atoms with E-state index in [1.165, 1.54) is 0 Å². The van der Waals surface area contributed by atoms with Crippen molar-refractivity contribution in [3.63, 3.8) is 0 Å². The molecule has 0 aliphatic rings. The third-order valence-electron chi connectivity index (χ3n) is 3.37. The van der Waals surface area contributed by atoms with Gasteiger partial charge in [0.1, 0.15) is 0 Å². The van der Waals surface area contributed by atoms with Gasteiger partial charge in [0.2, 0.25) is 0 Å². The Kier molecular flexibility index (Phi) is 3.36. The number of nitrogens with zero attached hydrogens (tertiary/aromatic N) is 1. The second-order valence-electron chi connectivity index (χ2n) is 5.33. The van der Waals surface area contributed by atoms with Gasteiger partial charge < -0.3 is 10.3 Å². The summed E-state index contributed by atoms with van der Waals surface area (Å²) in [5.74, 6) is -0.0342. The summed E-state index contributed by atoms with van der Waals surface area (Å²) >= 11 is 0. The third-order valence-corrected chi connectivity index (χ3v) is 3.37. The predicted molar refractivity (Wildman–Crippen MR) is 72.5 cm³/mol. The number of carbonyl (C=O) groups is 1. The number of carbonyl (C=O) groups excluding carboxylic acids is 1. The lowest BCUT2D eigenvalue weighted by atomic mass is 9.90. The van der Waals surface area contributed by atoms with Gasteiger partial charge >= 0.3 is 0 Å². The summed E-state index contributed by atoms with van der Waals surface area (Å²) < 4.78 is 0. The van der Waals surface area contributed by atoms with Gasteiger partial charge in [-0.25, -0.2) is 4.98 Å². The van der Waals surface area contributed by atoms with Crippen molar-refractivity contribution < 1.29 is 4.79 Å². The first kappa shape index (κ1) is 12.6. The standard InChI is InChI=1S/C14H19N3O/c1-4-14(2,3)8-15-13(18)10-5-6-11-12(7-10)17-9-16-11/h5-7,9H,4,8H2,1-3H3,(H,15,18)(H,16,17). The van der Waals surface area contributed by atoms with Gasteiger partial charge in [0, 0.05) is 12.1 Å². The number of benzene rings is 1. The van der Waals surface area contributed by atoms with Crippen molar-refractivity contribution >= 4 is 16.9 Å². The first-order chi connectivity index (χ1) is 8.52. The summed E-state index contributed by atoms with van der Waals surface area (Å²) in [5.41, 5.74) is 2.56. The molecular weight excluding hydrogens is 226 g/mol. The van der Waals surface area contributed by atoms with E-state index >= 15 is 0 Å². The molecule has 1 aromatic heterocycles. The maximum atomic E-state index is 12.0. The van der Waals surface area contributed by atoms with E-state index in [2.05, 4.69) is 36.1 Å². The number of aromatic amines is 1. The second kappa shape index (κ2) is 4.80. The summed E-state index contributed by atoms with van der Waals surface area (Å²) in [6, 6.07) is 5.49. The highest BCUT2D eigenvalue weighted by molar-refractivity contribution is 5.97. The highest BCUT2D eigenvalue weighted by Crippen LogP contribution is 2.18. The Morgan fingerprint density at radius 2 is 2.22 bits per heavy atom. The molecule has 1 heterocycles. The Balaban J connectivity index is 2.08. The van der Waals surface area contributed by atoms with E-state index in [-0.39, 0.29) is 11.3 Å². The Labute approximate surface area is 107 Å². The molecule has 0 aliphatic carbocycles. The van der Waals surface area contributed by atoms with E-state index < -0.39 is 0 Å². The van der Waals surface area contributed by atoms with Crippen molar-refractivity contribution in [3.8, 4) is 0 Å². The maximum absolute atomic E-state index is 12.0. The minimum atomic E-state index is -0.0342. The average Bonchev–Trinajstić information content (AvgIpc) is 2.83. The smallest absolute Gasteiger partial charge is 0.251 e. The lowest BCUT2D eigenvalue weighted by molar-refractivity contribution is 0.0936.